The van der Waals surface area contributed by atoms with E-state index in [9.17, 15) is 4.79 Å². The quantitative estimate of drug-likeness (QED) is 0.607. The van der Waals surface area contributed by atoms with Gasteiger partial charge in [0.1, 0.15) is 0 Å². The van der Waals surface area contributed by atoms with Gasteiger partial charge in [-0.2, -0.15) is 0 Å². The maximum absolute atomic E-state index is 11.6. The van der Waals surface area contributed by atoms with E-state index < -0.39 is 0 Å². The average Bonchev–Trinajstić information content (AvgIpc) is 2.04. The first-order chi connectivity index (χ1) is 6.00. The van der Waals surface area contributed by atoms with E-state index in [1.165, 1.54) is 0 Å². The normalized spacial score (nSPS) is 10.2. The van der Waals surface area contributed by atoms with Crippen LogP contribution in [-0.2, 0) is 9.53 Å². The van der Waals surface area contributed by atoms with Crippen molar-refractivity contribution in [1.82, 2.24) is 4.90 Å². The Labute approximate surface area is 80.4 Å². The van der Waals surface area contributed by atoms with Gasteiger partial charge in [-0.1, -0.05) is 6.58 Å². The lowest BCUT2D eigenvalue weighted by atomic mass is 10.2. The number of amides is 1. The molecule has 76 valence electrons. The number of ether oxygens (including phenoxy) is 1. The Morgan fingerprint density at radius 3 is 2.38 bits per heavy atom. The third-order valence-electron chi connectivity index (χ3n) is 1.79. The van der Waals surface area contributed by atoms with Crippen LogP contribution in [-0.4, -0.2) is 37.1 Å². The Hall–Kier alpha value is -0.830. The molecule has 0 radical (unpaired) electrons. The lowest BCUT2D eigenvalue weighted by Gasteiger charge is -2.26. The molecule has 0 atom stereocenters. The third kappa shape index (κ3) is 4.08. The van der Waals surface area contributed by atoms with Crippen LogP contribution in [0.1, 0.15) is 20.8 Å². The monoisotopic (exact) mass is 185 g/mol. The average molecular weight is 185 g/mol. The molecular weight excluding hydrogens is 166 g/mol. The molecule has 0 unspecified atom stereocenters. The summed E-state index contributed by atoms with van der Waals surface area (Å²) in [6.45, 7) is 10.5. The second kappa shape index (κ2) is 5.75. The Balaban J connectivity index is 4.24. The molecule has 0 heterocycles. The summed E-state index contributed by atoms with van der Waals surface area (Å²) in [7, 11) is 1.63. The van der Waals surface area contributed by atoms with Crippen LogP contribution in [0.15, 0.2) is 12.2 Å². The highest BCUT2D eigenvalue weighted by molar-refractivity contribution is 5.92. The van der Waals surface area contributed by atoms with Crippen LogP contribution < -0.4 is 0 Å². The van der Waals surface area contributed by atoms with E-state index in [1.807, 2.05) is 13.8 Å². The van der Waals surface area contributed by atoms with Gasteiger partial charge in [0.25, 0.3) is 0 Å². The van der Waals surface area contributed by atoms with Crippen molar-refractivity contribution in [3.05, 3.63) is 12.2 Å². The van der Waals surface area contributed by atoms with Gasteiger partial charge >= 0.3 is 0 Å². The molecule has 0 saturated carbocycles. The van der Waals surface area contributed by atoms with Gasteiger partial charge in [-0.3, -0.25) is 4.79 Å². The Morgan fingerprint density at radius 1 is 1.54 bits per heavy atom. The first-order valence-electron chi connectivity index (χ1n) is 4.46. The summed E-state index contributed by atoms with van der Waals surface area (Å²) < 4.78 is 4.93. The molecule has 13 heavy (non-hydrogen) atoms. The Morgan fingerprint density at radius 2 is 2.08 bits per heavy atom. The van der Waals surface area contributed by atoms with E-state index in [2.05, 4.69) is 6.58 Å². The summed E-state index contributed by atoms with van der Waals surface area (Å²) in [5.74, 6) is 0.00653. The van der Waals surface area contributed by atoms with Crippen molar-refractivity contribution in [2.45, 2.75) is 26.8 Å². The highest BCUT2D eigenvalue weighted by atomic mass is 16.5. The maximum atomic E-state index is 11.6. The summed E-state index contributed by atoms with van der Waals surface area (Å²) in [5, 5.41) is 0. The van der Waals surface area contributed by atoms with E-state index in [1.54, 1.807) is 18.9 Å². The van der Waals surface area contributed by atoms with Crippen LogP contribution >= 0.6 is 0 Å². The number of hydrogen-bond acceptors (Lipinski definition) is 2. The third-order valence-corrected chi connectivity index (χ3v) is 1.79. The van der Waals surface area contributed by atoms with Crippen molar-refractivity contribution in [2.24, 2.45) is 0 Å². The summed E-state index contributed by atoms with van der Waals surface area (Å²) in [6, 6.07) is 0.194. The van der Waals surface area contributed by atoms with Crippen LogP contribution in [0.25, 0.3) is 0 Å². The molecule has 3 heteroatoms. The topological polar surface area (TPSA) is 29.5 Å². The van der Waals surface area contributed by atoms with E-state index in [-0.39, 0.29) is 11.9 Å². The smallest absolute Gasteiger partial charge is 0.249 e. The zero-order valence-electron chi connectivity index (χ0n) is 8.96. The minimum Gasteiger partial charge on any atom is -0.383 e. The van der Waals surface area contributed by atoms with Gasteiger partial charge in [0, 0.05) is 25.3 Å². The van der Waals surface area contributed by atoms with Gasteiger partial charge in [0.2, 0.25) is 5.91 Å². The first kappa shape index (κ1) is 12.2. The summed E-state index contributed by atoms with van der Waals surface area (Å²) in [6.07, 6.45) is 0. The van der Waals surface area contributed by atoms with Crippen molar-refractivity contribution in [3.8, 4) is 0 Å². The predicted molar refractivity (Wildman–Crippen MR) is 53.5 cm³/mol. The van der Waals surface area contributed by atoms with Crippen molar-refractivity contribution in [3.63, 3.8) is 0 Å². The van der Waals surface area contributed by atoms with E-state index in [4.69, 9.17) is 4.74 Å². The van der Waals surface area contributed by atoms with Crippen LogP contribution in [0.4, 0.5) is 0 Å². The molecule has 0 spiro atoms. The van der Waals surface area contributed by atoms with Crippen LogP contribution in [0, 0.1) is 0 Å². The minimum absolute atomic E-state index is 0.00653. The number of carbonyl (C=O) groups is 1. The van der Waals surface area contributed by atoms with Gasteiger partial charge in [-0.15, -0.1) is 0 Å². The van der Waals surface area contributed by atoms with Gasteiger partial charge < -0.3 is 9.64 Å². The number of rotatable bonds is 5. The second-order valence-electron chi connectivity index (χ2n) is 3.37. The predicted octanol–water partition coefficient (Wildman–Crippen LogP) is 1.45. The fraction of sp³-hybridized carbons (Fsp3) is 0.700. The zero-order chi connectivity index (χ0) is 10.4. The molecule has 0 N–H and O–H groups in total. The minimum atomic E-state index is 0.00653. The fourth-order valence-electron chi connectivity index (χ4n) is 1.03. The zero-order valence-corrected chi connectivity index (χ0v) is 8.96. The lowest BCUT2D eigenvalue weighted by Crippen LogP contribution is -2.39. The molecule has 0 rings (SSSR count). The number of carbonyl (C=O) groups excluding carboxylic acids is 1. The molecule has 0 aliphatic rings. The number of nitrogens with zero attached hydrogens (tertiary/aromatic N) is 1. The van der Waals surface area contributed by atoms with E-state index in [0.717, 1.165) is 0 Å². The lowest BCUT2D eigenvalue weighted by molar-refractivity contribution is -0.129. The van der Waals surface area contributed by atoms with Crippen molar-refractivity contribution in [1.29, 1.82) is 0 Å². The molecule has 0 aromatic heterocycles. The molecule has 0 saturated heterocycles. The van der Waals surface area contributed by atoms with Crippen LogP contribution in [0.3, 0.4) is 0 Å². The molecule has 0 aromatic rings. The number of hydrogen-bond donors (Lipinski definition) is 0. The first-order valence-corrected chi connectivity index (χ1v) is 4.46. The summed E-state index contributed by atoms with van der Waals surface area (Å²) >= 11 is 0. The van der Waals surface area contributed by atoms with Crippen molar-refractivity contribution < 1.29 is 9.53 Å². The van der Waals surface area contributed by atoms with E-state index >= 15 is 0 Å². The highest BCUT2D eigenvalue weighted by Gasteiger charge is 2.16. The standard InChI is InChI=1S/C10H19NO2/c1-8(2)10(12)11(9(3)4)6-7-13-5/h9H,1,6-7H2,2-5H3. The molecular formula is C10H19NO2. The Bertz CT molecular complexity index is 187. The summed E-state index contributed by atoms with van der Waals surface area (Å²) in [4.78, 5) is 13.3. The Kier molecular flexibility index (Phi) is 5.39. The van der Waals surface area contributed by atoms with Gasteiger partial charge in [-0.25, -0.2) is 0 Å². The largest absolute Gasteiger partial charge is 0.383 e. The molecule has 3 nitrogen and oxygen atoms in total. The second-order valence-corrected chi connectivity index (χ2v) is 3.37. The molecule has 1 amide bonds. The number of methoxy groups -OCH3 is 1. The maximum Gasteiger partial charge on any atom is 0.249 e. The molecule has 0 aliphatic heterocycles. The molecule has 0 bridgehead atoms. The summed E-state index contributed by atoms with van der Waals surface area (Å²) in [5.41, 5.74) is 0.574. The molecule has 0 aromatic carbocycles. The van der Waals surface area contributed by atoms with Crippen LogP contribution in [0.2, 0.25) is 0 Å². The van der Waals surface area contributed by atoms with Gasteiger partial charge in [-0.05, 0) is 20.8 Å². The SMILES string of the molecule is C=C(C)C(=O)N(CCOC)C(C)C. The highest BCUT2D eigenvalue weighted by Crippen LogP contribution is 2.03. The molecule has 0 fully saturated rings. The van der Waals surface area contributed by atoms with Crippen molar-refractivity contribution >= 4 is 5.91 Å². The van der Waals surface area contributed by atoms with Crippen molar-refractivity contribution in [2.75, 3.05) is 20.3 Å². The fourth-order valence-corrected chi connectivity index (χ4v) is 1.03. The van der Waals surface area contributed by atoms with Gasteiger partial charge in [0.05, 0.1) is 6.61 Å². The van der Waals surface area contributed by atoms with E-state index in [0.29, 0.717) is 18.7 Å². The molecule has 0 aliphatic carbocycles. The van der Waals surface area contributed by atoms with Gasteiger partial charge in [0.15, 0.2) is 0 Å². The van der Waals surface area contributed by atoms with Crippen LogP contribution in [0.5, 0.6) is 0 Å².